The molecule has 16 heavy (non-hydrogen) atoms. The van der Waals surface area contributed by atoms with Gasteiger partial charge in [-0.1, -0.05) is 0 Å². The number of halogens is 1. The molecule has 82 valence electrons. The fourth-order valence-electron chi connectivity index (χ4n) is 1.31. The van der Waals surface area contributed by atoms with E-state index in [0.717, 1.165) is 0 Å². The third-order valence-electron chi connectivity index (χ3n) is 2.09. The normalized spacial score (nSPS) is 10.1. The van der Waals surface area contributed by atoms with E-state index in [4.69, 9.17) is 10.5 Å². The lowest BCUT2D eigenvalue weighted by Crippen LogP contribution is -1.96. The Hall–Kier alpha value is -2.17. The largest absolute Gasteiger partial charge is 0.497 e. The number of nitrogen functional groups attached to an aromatic ring is 1. The number of anilines is 1. The molecule has 2 N–H and O–H groups in total. The molecule has 0 atom stereocenters. The first kappa shape index (κ1) is 10.4. The zero-order valence-corrected chi connectivity index (χ0v) is 8.64. The van der Waals surface area contributed by atoms with Gasteiger partial charge in [-0.3, -0.25) is 0 Å². The molecule has 0 fully saturated rings. The van der Waals surface area contributed by atoms with Gasteiger partial charge < -0.3 is 10.5 Å². The van der Waals surface area contributed by atoms with Crippen LogP contribution in [0.1, 0.15) is 0 Å². The van der Waals surface area contributed by atoms with Gasteiger partial charge in [-0.15, -0.1) is 0 Å². The second-order valence-electron chi connectivity index (χ2n) is 3.15. The second kappa shape index (κ2) is 4.14. The zero-order valence-electron chi connectivity index (χ0n) is 8.64. The standard InChI is InChI=1S/C11H10FN3O/c1-16-7-2-3-8(9(12)6-7)11-14-5-4-10(13)15-11/h2-6H,1H3,(H2,13,14,15). The molecule has 1 aromatic heterocycles. The van der Waals surface area contributed by atoms with Crippen molar-refractivity contribution < 1.29 is 9.13 Å². The van der Waals surface area contributed by atoms with E-state index in [0.29, 0.717) is 17.1 Å². The predicted molar refractivity (Wildman–Crippen MR) is 58.4 cm³/mol. The molecular formula is C11H10FN3O. The second-order valence-corrected chi connectivity index (χ2v) is 3.15. The van der Waals surface area contributed by atoms with Gasteiger partial charge in [0.1, 0.15) is 17.4 Å². The van der Waals surface area contributed by atoms with Gasteiger partial charge in [-0.2, -0.15) is 0 Å². The molecule has 0 amide bonds. The van der Waals surface area contributed by atoms with Gasteiger partial charge in [0.2, 0.25) is 0 Å². The van der Waals surface area contributed by atoms with E-state index in [1.54, 1.807) is 18.2 Å². The minimum atomic E-state index is -0.440. The number of rotatable bonds is 2. The topological polar surface area (TPSA) is 61.0 Å². The molecule has 2 rings (SSSR count). The minimum Gasteiger partial charge on any atom is -0.497 e. The van der Waals surface area contributed by atoms with E-state index in [-0.39, 0.29) is 5.82 Å². The number of nitrogens with zero attached hydrogens (tertiary/aromatic N) is 2. The summed E-state index contributed by atoms with van der Waals surface area (Å²) < 4.78 is 18.6. The van der Waals surface area contributed by atoms with Crippen LogP contribution in [0.25, 0.3) is 11.4 Å². The molecule has 0 aliphatic rings. The third-order valence-corrected chi connectivity index (χ3v) is 2.09. The van der Waals surface area contributed by atoms with E-state index in [2.05, 4.69) is 9.97 Å². The zero-order chi connectivity index (χ0) is 11.5. The van der Waals surface area contributed by atoms with E-state index in [1.165, 1.54) is 19.4 Å². The van der Waals surface area contributed by atoms with Crippen LogP contribution in [0.4, 0.5) is 10.2 Å². The van der Waals surface area contributed by atoms with Crippen molar-refractivity contribution in [1.29, 1.82) is 0 Å². The average Bonchev–Trinajstić information content (AvgIpc) is 2.28. The van der Waals surface area contributed by atoms with Crippen molar-refractivity contribution in [3.63, 3.8) is 0 Å². The van der Waals surface area contributed by atoms with Crippen LogP contribution < -0.4 is 10.5 Å². The summed E-state index contributed by atoms with van der Waals surface area (Å²) in [5, 5.41) is 0. The van der Waals surface area contributed by atoms with Crippen LogP contribution in [0, 0.1) is 5.82 Å². The van der Waals surface area contributed by atoms with Crippen LogP contribution in [0.5, 0.6) is 5.75 Å². The number of benzene rings is 1. The predicted octanol–water partition coefficient (Wildman–Crippen LogP) is 1.87. The Bertz CT molecular complexity index is 516. The number of hydrogen-bond acceptors (Lipinski definition) is 4. The van der Waals surface area contributed by atoms with Crippen molar-refractivity contribution in [2.75, 3.05) is 12.8 Å². The highest BCUT2D eigenvalue weighted by Crippen LogP contribution is 2.23. The fraction of sp³-hybridized carbons (Fsp3) is 0.0909. The molecule has 4 nitrogen and oxygen atoms in total. The van der Waals surface area contributed by atoms with Crippen molar-refractivity contribution in [3.8, 4) is 17.1 Å². The van der Waals surface area contributed by atoms with Crippen molar-refractivity contribution in [2.24, 2.45) is 0 Å². The molecule has 0 unspecified atom stereocenters. The van der Waals surface area contributed by atoms with Gasteiger partial charge in [0.25, 0.3) is 0 Å². The molecule has 0 saturated heterocycles. The van der Waals surface area contributed by atoms with Crippen molar-refractivity contribution in [3.05, 3.63) is 36.3 Å². The average molecular weight is 219 g/mol. The van der Waals surface area contributed by atoms with Crippen molar-refractivity contribution in [2.45, 2.75) is 0 Å². The summed E-state index contributed by atoms with van der Waals surface area (Å²) in [6.07, 6.45) is 1.49. The van der Waals surface area contributed by atoms with Crippen LogP contribution in [-0.2, 0) is 0 Å². The molecule has 5 heteroatoms. The number of ether oxygens (including phenoxy) is 1. The maximum Gasteiger partial charge on any atom is 0.164 e. The van der Waals surface area contributed by atoms with Gasteiger partial charge in [-0.05, 0) is 18.2 Å². The molecule has 0 bridgehead atoms. The summed E-state index contributed by atoms with van der Waals surface area (Å²) in [4.78, 5) is 7.90. The van der Waals surface area contributed by atoms with E-state index in [1.807, 2.05) is 0 Å². The first-order valence-corrected chi connectivity index (χ1v) is 4.63. The molecule has 0 aliphatic carbocycles. The van der Waals surface area contributed by atoms with Crippen LogP contribution in [0.2, 0.25) is 0 Å². The van der Waals surface area contributed by atoms with E-state index >= 15 is 0 Å². The minimum absolute atomic E-state index is 0.264. The van der Waals surface area contributed by atoms with Gasteiger partial charge in [-0.25, -0.2) is 14.4 Å². The highest BCUT2D eigenvalue weighted by atomic mass is 19.1. The summed E-state index contributed by atoms with van der Waals surface area (Å²) in [7, 11) is 1.48. The van der Waals surface area contributed by atoms with Crippen LogP contribution in [-0.4, -0.2) is 17.1 Å². The van der Waals surface area contributed by atoms with Crippen LogP contribution in [0.15, 0.2) is 30.5 Å². The number of hydrogen-bond donors (Lipinski definition) is 1. The Balaban J connectivity index is 2.48. The summed E-state index contributed by atoms with van der Waals surface area (Å²) in [5.74, 6) is 0.579. The summed E-state index contributed by atoms with van der Waals surface area (Å²) in [6, 6.07) is 6.03. The summed E-state index contributed by atoms with van der Waals surface area (Å²) in [6.45, 7) is 0. The highest BCUT2D eigenvalue weighted by Gasteiger charge is 2.09. The Morgan fingerprint density at radius 3 is 2.75 bits per heavy atom. The molecule has 0 saturated carbocycles. The van der Waals surface area contributed by atoms with Crippen molar-refractivity contribution >= 4 is 5.82 Å². The summed E-state index contributed by atoms with van der Waals surface area (Å²) >= 11 is 0. The molecule has 0 spiro atoms. The Morgan fingerprint density at radius 2 is 2.12 bits per heavy atom. The van der Waals surface area contributed by atoms with Gasteiger partial charge in [0.05, 0.1) is 12.7 Å². The molecular weight excluding hydrogens is 209 g/mol. The number of methoxy groups -OCH3 is 1. The molecule has 1 aromatic carbocycles. The molecule has 0 radical (unpaired) electrons. The molecule has 0 aliphatic heterocycles. The lowest BCUT2D eigenvalue weighted by molar-refractivity contribution is 0.411. The SMILES string of the molecule is COc1ccc(-c2nccc(N)n2)c(F)c1. The maximum atomic E-state index is 13.7. The van der Waals surface area contributed by atoms with Gasteiger partial charge >= 0.3 is 0 Å². The Kier molecular flexibility index (Phi) is 2.68. The van der Waals surface area contributed by atoms with E-state index in [9.17, 15) is 4.39 Å². The number of nitrogens with two attached hydrogens (primary N) is 1. The third kappa shape index (κ3) is 1.93. The van der Waals surface area contributed by atoms with Crippen molar-refractivity contribution in [1.82, 2.24) is 9.97 Å². The van der Waals surface area contributed by atoms with Gasteiger partial charge in [0, 0.05) is 12.3 Å². The smallest absolute Gasteiger partial charge is 0.164 e. The highest BCUT2D eigenvalue weighted by molar-refractivity contribution is 5.58. The van der Waals surface area contributed by atoms with Gasteiger partial charge in [0.15, 0.2) is 5.82 Å². The first-order valence-electron chi connectivity index (χ1n) is 4.63. The lowest BCUT2D eigenvalue weighted by atomic mass is 10.2. The fourth-order valence-corrected chi connectivity index (χ4v) is 1.31. The van der Waals surface area contributed by atoms with E-state index < -0.39 is 5.82 Å². The maximum absolute atomic E-state index is 13.7. The first-order chi connectivity index (χ1) is 7.70. The Morgan fingerprint density at radius 1 is 1.31 bits per heavy atom. The quantitative estimate of drug-likeness (QED) is 0.837. The molecule has 2 aromatic rings. The molecule has 1 heterocycles. The lowest BCUT2D eigenvalue weighted by Gasteiger charge is -2.04. The number of aromatic nitrogens is 2. The summed E-state index contributed by atoms with van der Waals surface area (Å²) in [5.41, 5.74) is 5.80. The van der Waals surface area contributed by atoms with Crippen LogP contribution in [0.3, 0.4) is 0 Å². The Labute approximate surface area is 91.9 Å². The monoisotopic (exact) mass is 219 g/mol. The van der Waals surface area contributed by atoms with Crippen LogP contribution >= 0.6 is 0 Å².